The number of aromatic nitrogens is 4. The molecule has 12 nitrogen and oxygen atoms in total. The molecule has 1 aliphatic carbocycles. The van der Waals surface area contributed by atoms with Crippen molar-refractivity contribution in [3.8, 4) is 23.1 Å². The number of alkyl carbamates (subject to hydrolysis) is 1. The van der Waals surface area contributed by atoms with E-state index in [9.17, 15) is 14.4 Å². The number of benzene rings is 2. The first-order valence-electron chi connectivity index (χ1n) is 20.6. The summed E-state index contributed by atoms with van der Waals surface area (Å²) < 4.78 is 10.8. The van der Waals surface area contributed by atoms with E-state index in [-0.39, 0.29) is 52.5 Å². The van der Waals surface area contributed by atoms with E-state index in [4.69, 9.17) is 19.4 Å². The van der Waals surface area contributed by atoms with Crippen molar-refractivity contribution in [2.45, 2.75) is 91.3 Å². The Kier molecular flexibility index (Phi) is 10.4. The smallest absolute Gasteiger partial charge is 0.407 e. The Balaban J connectivity index is 0.967. The van der Waals surface area contributed by atoms with Gasteiger partial charge < -0.3 is 34.6 Å². The number of carbonyl (C=O) groups excluding carboxylic acids is 3. The monoisotopic (exact) mass is 773 g/mol. The van der Waals surface area contributed by atoms with Crippen molar-refractivity contribution in [3.63, 3.8) is 0 Å². The van der Waals surface area contributed by atoms with Gasteiger partial charge in [0, 0.05) is 42.2 Å². The van der Waals surface area contributed by atoms with Crippen LogP contribution in [0.3, 0.4) is 0 Å². The van der Waals surface area contributed by atoms with Crippen LogP contribution < -0.4 is 5.32 Å². The van der Waals surface area contributed by atoms with E-state index in [0.717, 1.165) is 90.2 Å². The zero-order chi connectivity index (χ0) is 40.1. The van der Waals surface area contributed by atoms with E-state index in [1.165, 1.54) is 7.11 Å². The Hall–Kier alpha value is -5.15. The van der Waals surface area contributed by atoms with E-state index in [0.29, 0.717) is 19.7 Å². The molecule has 1 saturated carbocycles. The molecule has 300 valence electrons. The second-order valence-electron chi connectivity index (χ2n) is 17.8. The zero-order valence-corrected chi connectivity index (χ0v) is 34.0. The molecule has 2 aromatic heterocycles. The summed E-state index contributed by atoms with van der Waals surface area (Å²) in [5.74, 6) is 8.39. The van der Waals surface area contributed by atoms with Crippen molar-refractivity contribution in [1.29, 1.82) is 0 Å². The molecule has 12 heteroatoms. The highest BCUT2D eigenvalue weighted by Gasteiger charge is 2.55. The number of hydrogen-bond acceptors (Lipinski definition) is 7. The maximum Gasteiger partial charge on any atom is 0.407 e. The molecule has 2 spiro atoms. The molecular formula is C45H55N7O5. The predicted octanol–water partition coefficient (Wildman–Crippen LogP) is 7.15. The van der Waals surface area contributed by atoms with Gasteiger partial charge >= 0.3 is 6.09 Å². The SMILES string of the molecule is COC(=O)N[C@H](C(=O)N1CC2(CC2)C[C@H]1c1ncc(-c2ccc(C#Cc3ccc4nc([C@@H]5C[C@@]6(CCCOC6)CN5C(=O)[C@@H](C)C(C)C)[nH]c4c3)cc2)[nH]1)C(C)C. The normalized spacial score (nSPS) is 23.6. The number of likely N-dealkylation sites (tertiary alicyclic amines) is 2. The number of rotatable bonds is 8. The lowest BCUT2D eigenvalue weighted by Gasteiger charge is -2.33. The summed E-state index contributed by atoms with van der Waals surface area (Å²) in [6.07, 6.45) is 7.17. The van der Waals surface area contributed by atoms with Crippen LogP contribution in [0, 0.1) is 40.4 Å². The van der Waals surface area contributed by atoms with Crippen LogP contribution in [-0.2, 0) is 19.1 Å². The summed E-state index contributed by atoms with van der Waals surface area (Å²) in [6.45, 7) is 12.9. The van der Waals surface area contributed by atoms with Crippen LogP contribution in [0.15, 0.2) is 48.7 Å². The summed E-state index contributed by atoms with van der Waals surface area (Å²) in [5, 5.41) is 2.74. The number of hydrogen-bond donors (Lipinski definition) is 3. The molecule has 3 aliphatic heterocycles. The van der Waals surface area contributed by atoms with Gasteiger partial charge in [0.25, 0.3) is 0 Å². The van der Waals surface area contributed by atoms with Gasteiger partial charge in [0.05, 0.1) is 48.7 Å². The average molecular weight is 774 g/mol. The molecule has 4 aliphatic rings. The lowest BCUT2D eigenvalue weighted by Crippen LogP contribution is -2.51. The van der Waals surface area contributed by atoms with Gasteiger partial charge in [0.15, 0.2) is 0 Å². The highest BCUT2D eigenvalue weighted by Crippen LogP contribution is 2.58. The summed E-state index contributed by atoms with van der Waals surface area (Å²) in [6, 6.07) is 13.1. The number of aromatic amines is 2. The molecule has 57 heavy (non-hydrogen) atoms. The third kappa shape index (κ3) is 7.78. The van der Waals surface area contributed by atoms with Gasteiger partial charge in [0.1, 0.15) is 17.7 Å². The predicted molar refractivity (Wildman–Crippen MR) is 217 cm³/mol. The molecule has 0 unspecified atom stereocenters. The van der Waals surface area contributed by atoms with Crippen molar-refractivity contribution in [2.24, 2.45) is 28.6 Å². The van der Waals surface area contributed by atoms with Crippen molar-refractivity contribution < 1.29 is 23.9 Å². The van der Waals surface area contributed by atoms with Gasteiger partial charge in [-0.2, -0.15) is 0 Å². The molecule has 2 aromatic carbocycles. The van der Waals surface area contributed by atoms with Crippen LogP contribution in [0.5, 0.6) is 0 Å². The number of nitrogens with zero attached hydrogens (tertiary/aromatic N) is 4. The summed E-state index contributed by atoms with van der Waals surface area (Å²) >= 11 is 0. The van der Waals surface area contributed by atoms with Gasteiger partial charge in [-0.25, -0.2) is 14.8 Å². The third-order valence-corrected chi connectivity index (χ3v) is 13.0. The van der Waals surface area contributed by atoms with E-state index in [1.807, 2.05) is 74.3 Å². The number of imidazole rings is 2. The first kappa shape index (κ1) is 38.7. The average Bonchev–Trinajstić information content (AvgIpc) is 3.61. The highest BCUT2D eigenvalue weighted by molar-refractivity contribution is 5.86. The zero-order valence-electron chi connectivity index (χ0n) is 34.0. The van der Waals surface area contributed by atoms with Crippen molar-refractivity contribution in [2.75, 3.05) is 33.4 Å². The molecule has 5 atom stereocenters. The topological polar surface area (TPSA) is 146 Å². The van der Waals surface area contributed by atoms with Gasteiger partial charge in [-0.05, 0) is 91.7 Å². The Morgan fingerprint density at radius 1 is 0.860 bits per heavy atom. The minimum atomic E-state index is -0.682. The van der Waals surface area contributed by atoms with E-state index < -0.39 is 12.1 Å². The van der Waals surface area contributed by atoms with Gasteiger partial charge in [0.2, 0.25) is 11.8 Å². The molecule has 3 amide bonds. The first-order chi connectivity index (χ1) is 27.4. The molecular weight excluding hydrogens is 719 g/mol. The van der Waals surface area contributed by atoms with Crippen LogP contribution in [0.4, 0.5) is 4.79 Å². The largest absolute Gasteiger partial charge is 0.453 e. The third-order valence-electron chi connectivity index (χ3n) is 13.0. The summed E-state index contributed by atoms with van der Waals surface area (Å²) in [4.78, 5) is 60.5. The lowest BCUT2D eigenvalue weighted by molar-refractivity contribution is -0.138. The Morgan fingerprint density at radius 2 is 1.54 bits per heavy atom. The summed E-state index contributed by atoms with van der Waals surface area (Å²) in [7, 11) is 1.31. The molecule has 3 N–H and O–H groups in total. The molecule has 3 saturated heterocycles. The standard InChI is InChI=1S/C45H55N7O5/c1-27(2)29(5)41(53)51-25-45(16-7-19-57-26-45)22-37(51)40-47-33-15-12-31(20-34(33)48-40)9-8-30-10-13-32(14-11-30)35-23-46-39(49-35)36-21-44(17-18-44)24-52(36)42(54)38(28(3)4)50-43(55)56-6/h10-15,20,23,27-29,36-38H,7,16-19,21-22,24-26H2,1-6H3,(H,46,49)(H,47,48)(H,50,55)/t29-,36-,37-,38-,45-/m0/s1. The fraction of sp³-hybridized carbons (Fsp3) is 0.533. The van der Waals surface area contributed by atoms with Crippen LogP contribution in [0.25, 0.3) is 22.3 Å². The minimum absolute atomic E-state index is 0.0276. The number of methoxy groups -OCH3 is 1. The number of nitrogens with one attached hydrogen (secondary N) is 3. The number of amides is 3. The summed E-state index contributed by atoms with van der Waals surface area (Å²) in [5.41, 5.74) is 5.45. The molecule has 0 radical (unpaired) electrons. The molecule has 4 fully saturated rings. The van der Waals surface area contributed by atoms with Crippen LogP contribution in [0.2, 0.25) is 0 Å². The van der Waals surface area contributed by atoms with E-state index >= 15 is 0 Å². The van der Waals surface area contributed by atoms with Gasteiger partial charge in [-0.3, -0.25) is 9.59 Å². The van der Waals surface area contributed by atoms with Crippen LogP contribution in [-0.4, -0.2) is 87.1 Å². The maximum atomic E-state index is 13.8. The quantitative estimate of drug-likeness (QED) is 0.161. The van der Waals surface area contributed by atoms with Crippen molar-refractivity contribution in [3.05, 3.63) is 71.4 Å². The van der Waals surface area contributed by atoms with Crippen molar-refractivity contribution >= 4 is 28.9 Å². The first-order valence-corrected chi connectivity index (χ1v) is 20.6. The fourth-order valence-corrected chi connectivity index (χ4v) is 9.02. The van der Waals surface area contributed by atoms with Crippen LogP contribution in [0.1, 0.15) is 108 Å². The minimum Gasteiger partial charge on any atom is -0.453 e. The Labute approximate surface area is 334 Å². The maximum absolute atomic E-state index is 13.8. The van der Waals surface area contributed by atoms with E-state index in [2.05, 4.69) is 45.9 Å². The van der Waals surface area contributed by atoms with Crippen molar-refractivity contribution in [1.82, 2.24) is 35.1 Å². The fourth-order valence-electron chi connectivity index (χ4n) is 9.02. The van der Waals surface area contributed by atoms with Gasteiger partial charge in [-0.1, -0.05) is 58.6 Å². The number of ether oxygens (including phenoxy) is 2. The number of H-pyrrole nitrogens is 2. The molecule has 8 rings (SSSR count). The van der Waals surface area contributed by atoms with E-state index in [1.54, 1.807) is 0 Å². The molecule has 5 heterocycles. The molecule has 0 bridgehead atoms. The Bertz CT molecular complexity index is 2200. The van der Waals surface area contributed by atoms with Crippen LogP contribution >= 0.6 is 0 Å². The lowest BCUT2D eigenvalue weighted by atomic mass is 9.80. The number of fused-ring (bicyclic) bond motifs is 1. The number of carbonyl (C=O) groups is 3. The van der Waals surface area contributed by atoms with Gasteiger partial charge in [-0.15, -0.1) is 0 Å². The molecule has 4 aromatic rings. The highest BCUT2D eigenvalue weighted by atomic mass is 16.5. The Morgan fingerprint density at radius 3 is 2.23 bits per heavy atom. The second kappa shape index (κ2) is 15.3. The second-order valence-corrected chi connectivity index (χ2v) is 17.8.